The fourth-order valence-corrected chi connectivity index (χ4v) is 3.78. The van der Waals surface area contributed by atoms with Gasteiger partial charge in [0.1, 0.15) is 17.2 Å². The second-order valence-corrected chi connectivity index (χ2v) is 6.73. The Labute approximate surface area is 153 Å². The molecule has 0 aliphatic rings. The summed E-state index contributed by atoms with van der Waals surface area (Å²) in [4.78, 5) is 16.8. The number of aryl methyl sites for hydroxylation is 1. The molecule has 136 valence electrons. The number of aromatic nitrogens is 1. The van der Waals surface area contributed by atoms with E-state index in [2.05, 4.69) is 4.99 Å². The Morgan fingerprint density at radius 3 is 2.65 bits per heavy atom. The lowest BCUT2D eigenvalue weighted by Crippen LogP contribution is -2.20. The molecule has 1 heterocycles. The van der Waals surface area contributed by atoms with E-state index in [0.29, 0.717) is 24.6 Å². The zero-order chi connectivity index (χ0) is 18.7. The van der Waals surface area contributed by atoms with Gasteiger partial charge in [-0.3, -0.25) is 4.79 Å². The largest absolute Gasteiger partial charge is 0.380 e. The standard InChI is InChI=1S/C19H18F2N2O2S/c1-3-25-10-9-23-15-8-7-12(2)11-16(15)26-19(23)22-18(24)17-13(20)5-4-6-14(17)21/h4-8,11H,3,9-10H2,1-2H3. The predicted molar refractivity (Wildman–Crippen MR) is 97.3 cm³/mol. The van der Waals surface area contributed by atoms with Crippen molar-refractivity contribution in [2.24, 2.45) is 4.99 Å². The fraction of sp³-hybridized carbons (Fsp3) is 0.263. The highest BCUT2D eigenvalue weighted by atomic mass is 32.1. The monoisotopic (exact) mass is 376 g/mol. The highest BCUT2D eigenvalue weighted by Crippen LogP contribution is 2.19. The van der Waals surface area contributed by atoms with E-state index in [9.17, 15) is 13.6 Å². The molecule has 0 radical (unpaired) electrons. The van der Waals surface area contributed by atoms with Crippen LogP contribution in [0.3, 0.4) is 0 Å². The number of halogens is 2. The number of thiazole rings is 1. The molecule has 26 heavy (non-hydrogen) atoms. The highest BCUT2D eigenvalue weighted by Gasteiger charge is 2.17. The van der Waals surface area contributed by atoms with Crippen LogP contribution < -0.4 is 4.80 Å². The van der Waals surface area contributed by atoms with E-state index in [1.54, 1.807) is 0 Å². The predicted octanol–water partition coefficient (Wildman–Crippen LogP) is 4.07. The van der Waals surface area contributed by atoms with Gasteiger partial charge in [-0.05, 0) is 43.7 Å². The molecule has 0 N–H and O–H groups in total. The van der Waals surface area contributed by atoms with Gasteiger partial charge in [0.2, 0.25) is 0 Å². The molecule has 0 atom stereocenters. The van der Waals surface area contributed by atoms with Gasteiger partial charge in [-0.25, -0.2) is 8.78 Å². The smallest absolute Gasteiger partial charge is 0.285 e. The van der Waals surface area contributed by atoms with Gasteiger partial charge in [-0.15, -0.1) is 0 Å². The molecule has 3 rings (SSSR count). The summed E-state index contributed by atoms with van der Waals surface area (Å²) in [5.74, 6) is -2.78. The van der Waals surface area contributed by atoms with Crippen LogP contribution in [0.2, 0.25) is 0 Å². The number of rotatable bonds is 5. The van der Waals surface area contributed by atoms with Crippen molar-refractivity contribution in [2.45, 2.75) is 20.4 Å². The lowest BCUT2D eigenvalue weighted by molar-refractivity contribution is 0.0988. The topological polar surface area (TPSA) is 43.6 Å². The van der Waals surface area contributed by atoms with Crippen molar-refractivity contribution in [3.63, 3.8) is 0 Å². The third-order valence-corrected chi connectivity index (χ3v) is 4.92. The van der Waals surface area contributed by atoms with E-state index >= 15 is 0 Å². The molecular weight excluding hydrogens is 358 g/mol. The molecule has 1 amide bonds. The number of hydrogen-bond donors (Lipinski definition) is 0. The average Bonchev–Trinajstić information content (AvgIpc) is 2.91. The zero-order valence-corrected chi connectivity index (χ0v) is 15.3. The van der Waals surface area contributed by atoms with Gasteiger partial charge in [-0.1, -0.05) is 23.5 Å². The number of ether oxygens (including phenoxy) is 1. The Morgan fingerprint density at radius 2 is 1.96 bits per heavy atom. The second-order valence-electron chi connectivity index (χ2n) is 5.72. The first-order valence-electron chi connectivity index (χ1n) is 8.22. The summed E-state index contributed by atoms with van der Waals surface area (Å²) >= 11 is 1.31. The van der Waals surface area contributed by atoms with Gasteiger partial charge < -0.3 is 9.30 Å². The van der Waals surface area contributed by atoms with Crippen molar-refractivity contribution in [1.29, 1.82) is 0 Å². The SMILES string of the molecule is CCOCCn1c(=NC(=O)c2c(F)cccc2F)sc2cc(C)ccc21. The van der Waals surface area contributed by atoms with E-state index in [1.165, 1.54) is 17.4 Å². The molecule has 2 aromatic carbocycles. The van der Waals surface area contributed by atoms with Crippen LogP contribution in [0.4, 0.5) is 8.78 Å². The van der Waals surface area contributed by atoms with Crippen LogP contribution in [-0.2, 0) is 11.3 Å². The number of nitrogens with zero attached hydrogens (tertiary/aromatic N) is 2. The highest BCUT2D eigenvalue weighted by molar-refractivity contribution is 7.16. The average molecular weight is 376 g/mol. The molecule has 0 saturated heterocycles. The number of fused-ring (bicyclic) bond motifs is 1. The number of carbonyl (C=O) groups excluding carboxylic acids is 1. The molecule has 0 spiro atoms. The first-order valence-corrected chi connectivity index (χ1v) is 9.03. The fourth-order valence-electron chi connectivity index (χ4n) is 2.63. The van der Waals surface area contributed by atoms with Gasteiger partial charge >= 0.3 is 0 Å². The van der Waals surface area contributed by atoms with Gasteiger partial charge in [0, 0.05) is 13.2 Å². The lowest BCUT2D eigenvalue weighted by Gasteiger charge is -2.06. The van der Waals surface area contributed by atoms with Gasteiger partial charge in [-0.2, -0.15) is 4.99 Å². The van der Waals surface area contributed by atoms with Crippen molar-refractivity contribution >= 4 is 27.5 Å². The van der Waals surface area contributed by atoms with E-state index in [-0.39, 0.29) is 0 Å². The maximum atomic E-state index is 13.9. The molecule has 1 aromatic heterocycles. The molecule has 0 aliphatic heterocycles. The Bertz CT molecular complexity index is 1000. The molecule has 4 nitrogen and oxygen atoms in total. The van der Waals surface area contributed by atoms with Crippen LogP contribution in [0.1, 0.15) is 22.8 Å². The van der Waals surface area contributed by atoms with Crippen LogP contribution >= 0.6 is 11.3 Å². The van der Waals surface area contributed by atoms with Crippen LogP contribution in [0.5, 0.6) is 0 Å². The minimum Gasteiger partial charge on any atom is -0.380 e. The summed E-state index contributed by atoms with van der Waals surface area (Å²) < 4.78 is 35.9. The molecule has 0 fully saturated rings. The minimum absolute atomic E-state index is 0.387. The number of amides is 1. The van der Waals surface area contributed by atoms with E-state index in [1.807, 2.05) is 36.6 Å². The van der Waals surface area contributed by atoms with Crippen LogP contribution in [0.25, 0.3) is 10.2 Å². The Kier molecular flexibility index (Phi) is 5.58. The van der Waals surface area contributed by atoms with Crippen molar-refractivity contribution in [2.75, 3.05) is 13.2 Å². The molecule has 0 aliphatic carbocycles. The molecule has 7 heteroatoms. The summed E-state index contributed by atoms with van der Waals surface area (Å²) in [7, 11) is 0. The first-order chi connectivity index (χ1) is 12.5. The van der Waals surface area contributed by atoms with Crippen molar-refractivity contribution in [1.82, 2.24) is 4.57 Å². The van der Waals surface area contributed by atoms with Crippen molar-refractivity contribution in [3.05, 3.63) is 64.0 Å². The van der Waals surface area contributed by atoms with Crippen LogP contribution in [-0.4, -0.2) is 23.7 Å². The first kappa shape index (κ1) is 18.4. The van der Waals surface area contributed by atoms with Gasteiger partial charge in [0.15, 0.2) is 4.80 Å². The Morgan fingerprint density at radius 1 is 1.23 bits per heavy atom. The van der Waals surface area contributed by atoms with E-state index < -0.39 is 23.1 Å². The normalized spacial score (nSPS) is 12.1. The minimum atomic E-state index is -0.936. The Hall–Kier alpha value is -2.38. The number of benzene rings is 2. The lowest BCUT2D eigenvalue weighted by atomic mass is 10.2. The zero-order valence-electron chi connectivity index (χ0n) is 14.5. The summed E-state index contributed by atoms with van der Waals surface area (Å²) in [5, 5.41) is 0. The summed E-state index contributed by atoms with van der Waals surface area (Å²) in [6, 6.07) is 9.21. The molecule has 3 aromatic rings. The summed E-state index contributed by atoms with van der Waals surface area (Å²) in [6.45, 7) is 5.39. The van der Waals surface area contributed by atoms with E-state index in [0.717, 1.165) is 27.9 Å². The Balaban J connectivity index is 2.11. The molecule has 0 saturated carbocycles. The second kappa shape index (κ2) is 7.88. The summed E-state index contributed by atoms with van der Waals surface area (Å²) in [6.07, 6.45) is 0. The van der Waals surface area contributed by atoms with Crippen LogP contribution in [0.15, 0.2) is 41.4 Å². The molecule has 0 bridgehead atoms. The third-order valence-electron chi connectivity index (χ3n) is 3.88. The number of hydrogen-bond acceptors (Lipinski definition) is 3. The number of carbonyl (C=O) groups is 1. The summed E-state index contributed by atoms with van der Waals surface area (Å²) in [5.41, 5.74) is 1.34. The maximum absolute atomic E-state index is 13.9. The molecular formula is C19H18F2N2O2S. The quantitative estimate of drug-likeness (QED) is 0.630. The molecule has 0 unspecified atom stereocenters. The maximum Gasteiger partial charge on any atom is 0.285 e. The van der Waals surface area contributed by atoms with Crippen LogP contribution in [0, 0.1) is 18.6 Å². The van der Waals surface area contributed by atoms with E-state index in [4.69, 9.17) is 4.74 Å². The third kappa shape index (κ3) is 3.73. The van der Waals surface area contributed by atoms with Gasteiger partial charge in [0.05, 0.1) is 16.8 Å². The van der Waals surface area contributed by atoms with Gasteiger partial charge in [0.25, 0.3) is 5.91 Å². The van der Waals surface area contributed by atoms with Crippen molar-refractivity contribution in [3.8, 4) is 0 Å². The van der Waals surface area contributed by atoms with Crippen molar-refractivity contribution < 1.29 is 18.3 Å².